The van der Waals surface area contributed by atoms with Crippen molar-refractivity contribution in [1.82, 2.24) is 10.2 Å². The third-order valence-corrected chi connectivity index (χ3v) is 4.08. The summed E-state index contributed by atoms with van der Waals surface area (Å²) >= 11 is 0. The summed E-state index contributed by atoms with van der Waals surface area (Å²) in [6.45, 7) is 0.430. The molecular formula is C20H26N2O5. The van der Waals surface area contributed by atoms with Gasteiger partial charge in [0.05, 0.1) is 33.6 Å². The molecule has 0 radical (unpaired) electrons. The summed E-state index contributed by atoms with van der Waals surface area (Å²) in [5.74, 6) is 2.16. The number of nitrogens with zero attached hydrogens (tertiary/aromatic N) is 1. The van der Waals surface area contributed by atoms with Crippen LogP contribution in [0.15, 0.2) is 41.0 Å². The van der Waals surface area contributed by atoms with Gasteiger partial charge < -0.3 is 23.9 Å². The van der Waals surface area contributed by atoms with E-state index < -0.39 is 0 Å². The predicted molar refractivity (Wildman–Crippen MR) is 103 cm³/mol. The fourth-order valence-electron chi connectivity index (χ4n) is 2.64. The smallest absolute Gasteiger partial charge is 0.244 e. The zero-order valence-corrected chi connectivity index (χ0v) is 16.3. The van der Waals surface area contributed by atoms with Crippen LogP contribution in [0.1, 0.15) is 17.4 Å². The minimum Gasteiger partial charge on any atom is -0.493 e. The highest BCUT2D eigenvalue weighted by Crippen LogP contribution is 2.38. The quantitative estimate of drug-likeness (QED) is 0.681. The maximum Gasteiger partial charge on any atom is 0.244 e. The molecular weight excluding hydrogens is 348 g/mol. The highest BCUT2D eigenvalue weighted by Gasteiger charge is 2.17. The molecule has 1 amide bonds. The Hall–Kier alpha value is -2.93. The van der Waals surface area contributed by atoms with E-state index in [0.717, 1.165) is 11.3 Å². The fourth-order valence-corrected chi connectivity index (χ4v) is 2.64. The lowest BCUT2D eigenvalue weighted by molar-refractivity contribution is -0.116. The van der Waals surface area contributed by atoms with Crippen LogP contribution in [0.4, 0.5) is 0 Å². The van der Waals surface area contributed by atoms with Gasteiger partial charge in [-0.1, -0.05) is 0 Å². The van der Waals surface area contributed by atoms with Crippen LogP contribution < -0.4 is 19.5 Å². The Morgan fingerprint density at radius 3 is 2.33 bits per heavy atom. The average Bonchev–Trinajstić information content (AvgIpc) is 3.19. The van der Waals surface area contributed by atoms with Crippen molar-refractivity contribution in [2.24, 2.45) is 0 Å². The molecule has 27 heavy (non-hydrogen) atoms. The molecule has 0 saturated heterocycles. The summed E-state index contributed by atoms with van der Waals surface area (Å²) in [4.78, 5) is 14.2. The van der Waals surface area contributed by atoms with Gasteiger partial charge >= 0.3 is 0 Å². The first-order chi connectivity index (χ1) is 13.0. The summed E-state index contributed by atoms with van der Waals surface area (Å²) in [6.07, 6.45) is 4.78. The van der Waals surface area contributed by atoms with E-state index >= 15 is 0 Å². The van der Waals surface area contributed by atoms with Crippen LogP contribution in [0.5, 0.6) is 17.2 Å². The lowest BCUT2D eigenvalue weighted by Gasteiger charge is -2.22. The van der Waals surface area contributed by atoms with Gasteiger partial charge in [0.25, 0.3) is 0 Å². The summed E-state index contributed by atoms with van der Waals surface area (Å²) < 4.78 is 21.4. The van der Waals surface area contributed by atoms with E-state index in [-0.39, 0.29) is 11.9 Å². The van der Waals surface area contributed by atoms with Gasteiger partial charge in [-0.25, -0.2) is 0 Å². The molecule has 0 aliphatic carbocycles. The average molecular weight is 374 g/mol. The number of amides is 1. The van der Waals surface area contributed by atoms with Crippen molar-refractivity contribution in [1.29, 1.82) is 0 Å². The standard InChI is InChI=1S/C20H26N2O5/c1-22(2)15(16-7-6-10-27-16)13-21-19(23)9-8-14-11-17(24-3)20(26-5)18(12-14)25-4/h6-12,15H,13H2,1-5H3,(H,21,23). The van der Waals surface area contributed by atoms with Crippen molar-refractivity contribution >= 4 is 12.0 Å². The van der Waals surface area contributed by atoms with Gasteiger partial charge in [0.1, 0.15) is 5.76 Å². The highest BCUT2D eigenvalue weighted by atomic mass is 16.5. The number of carbonyl (C=O) groups excluding carboxylic acids is 1. The third-order valence-electron chi connectivity index (χ3n) is 4.08. The van der Waals surface area contributed by atoms with Gasteiger partial charge in [0, 0.05) is 12.6 Å². The lowest BCUT2D eigenvalue weighted by atomic mass is 10.1. The van der Waals surface area contributed by atoms with Crippen LogP contribution in [0, 0.1) is 0 Å². The monoisotopic (exact) mass is 374 g/mol. The van der Waals surface area contributed by atoms with Gasteiger partial charge in [-0.2, -0.15) is 0 Å². The minimum absolute atomic E-state index is 0.0430. The van der Waals surface area contributed by atoms with Gasteiger partial charge in [-0.15, -0.1) is 0 Å². The highest BCUT2D eigenvalue weighted by molar-refractivity contribution is 5.91. The van der Waals surface area contributed by atoms with E-state index in [0.29, 0.717) is 23.8 Å². The molecule has 1 atom stereocenters. The molecule has 0 aliphatic rings. The molecule has 0 fully saturated rings. The number of nitrogens with one attached hydrogen (secondary N) is 1. The molecule has 7 nitrogen and oxygen atoms in total. The van der Waals surface area contributed by atoms with Crippen molar-refractivity contribution in [3.63, 3.8) is 0 Å². The Kier molecular flexibility index (Phi) is 7.31. The maximum atomic E-state index is 12.2. The second-order valence-electron chi connectivity index (χ2n) is 6.03. The molecule has 1 unspecified atom stereocenters. The number of methoxy groups -OCH3 is 3. The van der Waals surface area contributed by atoms with Crippen LogP contribution in [-0.4, -0.2) is 52.8 Å². The number of ether oxygens (including phenoxy) is 3. The summed E-state index contributed by atoms with van der Waals surface area (Å²) in [6, 6.07) is 7.23. The molecule has 0 saturated carbocycles. The van der Waals surface area contributed by atoms with E-state index in [1.165, 1.54) is 6.08 Å². The molecule has 1 aromatic heterocycles. The minimum atomic E-state index is -0.206. The molecule has 1 heterocycles. The predicted octanol–water partition coefficient (Wildman–Crippen LogP) is 2.74. The van der Waals surface area contributed by atoms with Crippen LogP contribution in [0.2, 0.25) is 0 Å². The lowest BCUT2D eigenvalue weighted by Crippen LogP contribution is -2.33. The first kappa shape index (κ1) is 20.4. The van der Waals surface area contributed by atoms with Crippen molar-refractivity contribution in [2.75, 3.05) is 42.0 Å². The molecule has 7 heteroatoms. The number of hydrogen-bond acceptors (Lipinski definition) is 6. The number of rotatable bonds is 9. The Labute approximate surface area is 159 Å². The molecule has 1 N–H and O–H groups in total. The molecule has 2 aromatic rings. The summed E-state index contributed by atoms with van der Waals surface area (Å²) in [5, 5.41) is 2.89. The SMILES string of the molecule is COc1cc(C=CC(=O)NCC(c2ccco2)N(C)C)cc(OC)c1OC. The van der Waals surface area contributed by atoms with Crippen LogP contribution >= 0.6 is 0 Å². The van der Waals surface area contributed by atoms with Gasteiger partial charge in [-0.05, 0) is 50.0 Å². The number of likely N-dealkylation sites (N-methyl/N-ethyl adjacent to an activating group) is 1. The van der Waals surface area contributed by atoms with Crippen molar-refractivity contribution in [3.8, 4) is 17.2 Å². The van der Waals surface area contributed by atoms with Crippen LogP contribution in [0.25, 0.3) is 6.08 Å². The van der Waals surface area contributed by atoms with Gasteiger partial charge in [0.15, 0.2) is 11.5 Å². The zero-order chi connectivity index (χ0) is 19.8. The van der Waals surface area contributed by atoms with E-state index in [4.69, 9.17) is 18.6 Å². The molecule has 1 aromatic carbocycles. The molecule has 0 spiro atoms. The fraction of sp³-hybridized carbons (Fsp3) is 0.350. The number of carbonyl (C=O) groups is 1. The topological polar surface area (TPSA) is 73.2 Å². The summed E-state index contributed by atoms with van der Waals surface area (Å²) in [5.41, 5.74) is 0.759. The zero-order valence-electron chi connectivity index (χ0n) is 16.3. The Morgan fingerprint density at radius 1 is 1.19 bits per heavy atom. The van der Waals surface area contributed by atoms with E-state index in [1.54, 1.807) is 45.8 Å². The van der Waals surface area contributed by atoms with Gasteiger partial charge in [-0.3, -0.25) is 9.69 Å². The first-order valence-corrected chi connectivity index (χ1v) is 8.45. The second kappa shape index (κ2) is 9.68. The number of furan rings is 1. The molecule has 0 aliphatic heterocycles. The first-order valence-electron chi connectivity index (χ1n) is 8.45. The van der Waals surface area contributed by atoms with Crippen LogP contribution in [0.3, 0.4) is 0 Å². The van der Waals surface area contributed by atoms with Crippen molar-refractivity contribution in [3.05, 3.63) is 47.9 Å². The Balaban J connectivity index is 2.06. The van der Waals surface area contributed by atoms with E-state index in [9.17, 15) is 4.79 Å². The summed E-state index contributed by atoms with van der Waals surface area (Å²) in [7, 11) is 8.51. The van der Waals surface area contributed by atoms with E-state index in [2.05, 4.69) is 5.32 Å². The largest absolute Gasteiger partial charge is 0.493 e. The third kappa shape index (κ3) is 5.27. The second-order valence-corrected chi connectivity index (χ2v) is 6.03. The van der Waals surface area contributed by atoms with Crippen molar-refractivity contribution in [2.45, 2.75) is 6.04 Å². The Morgan fingerprint density at radius 2 is 1.85 bits per heavy atom. The molecule has 2 rings (SSSR count). The maximum absolute atomic E-state index is 12.2. The van der Waals surface area contributed by atoms with Gasteiger partial charge in [0.2, 0.25) is 11.7 Å². The molecule has 0 bridgehead atoms. The number of benzene rings is 1. The normalized spacial score (nSPS) is 12.2. The van der Waals surface area contributed by atoms with Crippen molar-refractivity contribution < 1.29 is 23.4 Å². The van der Waals surface area contributed by atoms with Crippen LogP contribution in [-0.2, 0) is 4.79 Å². The Bertz CT molecular complexity index is 744. The number of hydrogen-bond donors (Lipinski definition) is 1. The van der Waals surface area contributed by atoms with E-state index in [1.807, 2.05) is 31.1 Å². The molecule has 146 valence electrons.